The zero-order valence-corrected chi connectivity index (χ0v) is 17.9. The molecule has 0 aliphatic carbocycles. The molecule has 10 heteroatoms. The van der Waals surface area contributed by atoms with Crippen LogP contribution in [0, 0.1) is 0 Å². The van der Waals surface area contributed by atoms with Gasteiger partial charge in [0.05, 0.1) is 23.9 Å². The lowest BCUT2D eigenvalue weighted by molar-refractivity contribution is -0.138. The van der Waals surface area contributed by atoms with E-state index < -0.39 is 30.2 Å². The Morgan fingerprint density at radius 2 is 2.03 bits per heavy atom. The summed E-state index contributed by atoms with van der Waals surface area (Å²) in [7, 11) is 0. The summed E-state index contributed by atoms with van der Waals surface area (Å²) in [5, 5.41) is 12.6. The van der Waals surface area contributed by atoms with Gasteiger partial charge in [0, 0.05) is 39.1 Å². The van der Waals surface area contributed by atoms with Gasteiger partial charge in [0.15, 0.2) is 0 Å². The molecule has 176 valence electrons. The van der Waals surface area contributed by atoms with E-state index in [2.05, 4.69) is 10.3 Å². The Hall–Kier alpha value is -2.78. The number of carboxylic acids is 1. The van der Waals surface area contributed by atoms with Crippen molar-refractivity contribution in [2.75, 3.05) is 32.7 Å². The third-order valence-corrected chi connectivity index (χ3v) is 5.78. The number of rotatable bonds is 9. The smallest absolute Gasteiger partial charge is 0.416 e. The fourth-order valence-electron chi connectivity index (χ4n) is 4.10. The van der Waals surface area contributed by atoms with Gasteiger partial charge in [-0.1, -0.05) is 12.1 Å². The van der Waals surface area contributed by atoms with Crippen molar-refractivity contribution in [2.45, 2.75) is 50.7 Å². The largest absolute Gasteiger partial charge is 0.481 e. The fourth-order valence-corrected chi connectivity index (χ4v) is 4.10. The molecule has 7 nitrogen and oxygen atoms in total. The molecule has 1 atom stereocenters. The van der Waals surface area contributed by atoms with Crippen LogP contribution in [0.3, 0.4) is 0 Å². The predicted octanol–water partition coefficient (Wildman–Crippen LogP) is 3.91. The van der Waals surface area contributed by atoms with E-state index in [0.29, 0.717) is 13.1 Å². The average molecular weight is 454 g/mol. The summed E-state index contributed by atoms with van der Waals surface area (Å²) in [6.45, 7) is 2.86. The van der Waals surface area contributed by atoms with Crippen LogP contribution in [0.1, 0.15) is 55.7 Å². The molecular formula is C22H29F3N4O3. The molecule has 2 N–H and O–H groups in total. The second kappa shape index (κ2) is 10.7. The maximum Gasteiger partial charge on any atom is 0.416 e. The van der Waals surface area contributed by atoms with E-state index in [-0.39, 0.29) is 18.1 Å². The summed E-state index contributed by atoms with van der Waals surface area (Å²) < 4.78 is 39.3. The minimum absolute atomic E-state index is 0.176. The van der Waals surface area contributed by atoms with E-state index in [1.54, 1.807) is 4.90 Å². The van der Waals surface area contributed by atoms with Crippen molar-refractivity contribution in [1.82, 2.24) is 15.1 Å². The van der Waals surface area contributed by atoms with E-state index in [4.69, 9.17) is 0 Å². The highest BCUT2D eigenvalue weighted by molar-refractivity contribution is 5.82. The number of nitrogens with one attached hydrogen (secondary N) is 1. The number of carbonyl (C=O) groups excluding carboxylic acids is 1. The number of aliphatic imine (C=N–C) groups is 1. The summed E-state index contributed by atoms with van der Waals surface area (Å²) in [4.78, 5) is 31.7. The molecule has 0 spiro atoms. The summed E-state index contributed by atoms with van der Waals surface area (Å²) in [5.41, 5.74) is -0.682. The Morgan fingerprint density at radius 1 is 1.22 bits per heavy atom. The van der Waals surface area contributed by atoms with E-state index in [0.717, 1.165) is 63.2 Å². The van der Waals surface area contributed by atoms with Gasteiger partial charge >= 0.3 is 18.2 Å². The number of carbonyl (C=O) groups is 2. The van der Waals surface area contributed by atoms with E-state index in [9.17, 15) is 27.9 Å². The number of amides is 2. The maximum atomic E-state index is 13.1. The SMILES string of the molecule is O=C(O)CC(c1cccc(C(F)(F)F)c1)N1CCN(CCCCNC2=NCCCC2)C1=O. The van der Waals surface area contributed by atoms with Crippen LogP contribution in [0.25, 0.3) is 0 Å². The van der Waals surface area contributed by atoms with Crippen LogP contribution < -0.4 is 5.32 Å². The van der Waals surface area contributed by atoms with Crippen LogP contribution in [0.2, 0.25) is 0 Å². The highest BCUT2D eigenvalue weighted by atomic mass is 19.4. The lowest BCUT2D eigenvalue weighted by Gasteiger charge is -2.28. The molecule has 1 aromatic carbocycles. The van der Waals surface area contributed by atoms with E-state index in [1.807, 2.05) is 0 Å². The summed E-state index contributed by atoms with van der Waals surface area (Å²) >= 11 is 0. The van der Waals surface area contributed by atoms with Gasteiger partial charge < -0.3 is 20.2 Å². The van der Waals surface area contributed by atoms with Crippen LogP contribution in [0.15, 0.2) is 29.3 Å². The standard InChI is InChI=1S/C22H29F3N4O3/c23-22(24,25)17-7-5-6-16(14-17)18(15-20(30)31)29-13-12-28(21(29)32)11-4-3-10-27-19-8-1-2-9-26-19/h5-7,14,18H,1-4,8-13,15H2,(H,26,27)(H,30,31). The normalized spacial score (nSPS) is 18.0. The molecule has 2 aliphatic heterocycles. The van der Waals surface area contributed by atoms with Crippen molar-refractivity contribution < 1.29 is 27.9 Å². The van der Waals surface area contributed by atoms with Gasteiger partial charge in [-0.15, -0.1) is 0 Å². The lowest BCUT2D eigenvalue weighted by atomic mass is 10.00. The van der Waals surface area contributed by atoms with Crippen LogP contribution in [0.5, 0.6) is 0 Å². The second-order valence-corrected chi connectivity index (χ2v) is 8.12. The molecule has 0 bridgehead atoms. The highest BCUT2D eigenvalue weighted by Crippen LogP contribution is 2.34. The maximum absolute atomic E-state index is 13.1. The number of amidine groups is 1. The third-order valence-electron chi connectivity index (χ3n) is 5.78. The molecule has 1 unspecified atom stereocenters. The molecule has 2 amide bonds. The van der Waals surface area contributed by atoms with Crippen molar-refractivity contribution >= 4 is 17.8 Å². The average Bonchev–Trinajstić information content (AvgIpc) is 3.12. The monoisotopic (exact) mass is 454 g/mol. The Morgan fingerprint density at radius 3 is 2.72 bits per heavy atom. The van der Waals surface area contributed by atoms with Crippen molar-refractivity contribution in [2.24, 2.45) is 4.99 Å². The minimum Gasteiger partial charge on any atom is -0.481 e. The first-order chi connectivity index (χ1) is 15.3. The predicted molar refractivity (Wildman–Crippen MR) is 114 cm³/mol. The van der Waals surface area contributed by atoms with Gasteiger partial charge in [-0.25, -0.2) is 4.79 Å². The van der Waals surface area contributed by atoms with Crippen LogP contribution >= 0.6 is 0 Å². The number of carboxylic acid groups (broad SMARTS) is 1. The highest BCUT2D eigenvalue weighted by Gasteiger charge is 2.37. The van der Waals surface area contributed by atoms with Gasteiger partial charge in [0.2, 0.25) is 0 Å². The van der Waals surface area contributed by atoms with Crippen molar-refractivity contribution in [3.63, 3.8) is 0 Å². The van der Waals surface area contributed by atoms with Crippen LogP contribution in [-0.2, 0) is 11.0 Å². The quantitative estimate of drug-likeness (QED) is 0.554. The van der Waals surface area contributed by atoms with Gasteiger partial charge in [-0.05, 0) is 43.4 Å². The Balaban J connectivity index is 1.57. The molecule has 0 aromatic heterocycles. The van der Waals surface area contributed by atoms with E-state index >= 15 is 0 Å². The number of aliphatic carboxylic acids is 1. The first-order valence-corrected chi connectivity index (χ1v) is 11.0. The van der Waals surface area contributed by atoms with Crippen molar-refractivity contribution in [1.29, 1.82) is 0 Å². The van der Waals surface area contributed by atoms with Crippen LogP contribution in [0.4, 0.5) is 18.0 Å². The summed E-state index contributed by atoms with van der Waals surface area (Å²) in [6, 6.07) is 3.28. The zero-order chi connectivity index (χ0) is 23.1. The molecular weight excluding hydrogens is 425 g/mol. The molecule has 0 radical (unpaired) electrons. The first-order valence-electron chi connectivity index (χ1n) is 11.0. The molecule has 1 fully saturated rings. The molecule has 32 heavy (non-hydrogen) atoms. The van der Waals surface area contributed by atoms with Gasteiger partial charge in [0.1, 0.15) is 0 Å². The second-order valence-electron chi connectivity index (χ2n) is 8.12. The van der Waals surface area contributed by atoms with Gasteiger partial charge in [-0.3, -0.25) is 9.79 Å². The summed E-state index contributed by atoms with van der Waals surface area (Å²) in [6.07, 6.45) is -0.119. The number of urea groups is 1. The molecule has 2 aliphatic rings. The Bertz CT molecular complexity index is 844. The van der Waals surface area contributed by atoms with Gasteiger partial charge in [-0.2, -0.15) is 13.2 Å². The lowest BCUT2D eigenvalue weighted by Crippen LogP contribution is -2.36. The summed E-state index contributed by atoms with van der Waals surface area (Å²) in [5.74, 6) is -0.132. The minimum atomic E-state index is -4.54. The Kier molecular flexibility index (Phi) is 7.98. The number of benzene rings is 1. The number of hydrogen-bond donors (Lipinski definition) is 2. The number of unbranched alkanes of at least 4 members (excludes halogenated alkanes) is 1. The first kappa shape index (κ1) is 23.9. The van der Waals surface area contributed by atoms with Crippen molar-refractivity contribution in [3.8, 4) is 0 Å². The molecule has 1 aromatic rings. The number of halogens is 3. The van der Waals surface area contributed by atoms with Gasteiger partial charge in [0.25, 0.3) is 0 Å². The van der Waals surface area contributed by atoms with Crippen molar-refractivity contribution in [3.05, 3.63) is 35.4 Å². The topological polar surface area (TPSA) is 85.2 Å². The van der Waals surface area contributed by atoms with Crippen LogP contribution in [-0.4, -0.2) is 65.5 Å². The van der Waals surface area contributed by atoms with E-state index in [1.165, 1.54) is 17.0 Å². The molecule has 1 saturated heterocycles. The number of nitrogens with zero attached hydrogens (tertiary/aromatic N) is 3. The third kappa shape index (κ3) is 6.37. The molecule has 0 saturated carbocycles. The Labute approximate surface area is 185 Å². The number of hydrogen-bond acceptors (Lipinski definition) is 4. The molecule has 3 rings (SSSR count). The number of alkyl halides is 3. The fraction of sp³-hybridized carbons (Fsp3) is 0.591. The molecule has 2 heterocycles. The zero-order valence-electron chi connectivity index (χ0n) is 17.9.